The van der Waals surface area contributed by atoms with E-state index in [1.54, 1.807) is 7.11 Å². The van der Waals surface area contributed by atoms with Crippen LogP contribution in [0.2, 0.25) is 0 Å². The van der Waals surface area contributed by atoms with Gasteiger partial charge in [0.15, 0.2) is 0 Å². The zero-order valence-corrected chi connectivity index (χ0v) is 7.54. The van der Waals surface area contributed by atoms with E-state index in [9.17, 15) is 0 Å². The highest BCUT2D eigenvalue weighted by Crippen LogP contribution is 1.93. The molecule has 3 nitrogen and oxygen atoms in total. The molecule has 0 aromatic carbocycles. The van der Waals surface area contributed by atoms with E-state index >= 15 is 0 Å². The summed E-state index contributed by atoms with van der Waals surface area (Å²) in [5, 5.41) is 9.11. The third kappa shape index (κ3) is 7.78. The Labute approximate surface area is 68.3 Å². The molecule has 0 aliphatic heterocycles. The molecule has 0 aliphatic carbocycles. The van der Waals surface area contributed by atoms with Crippen LogP contribution in [0.1, 0.15) is 13.8 Å². The number of methoxy groups -OCH3 is 1. The topological polar surface area (TPSA) is 38.7 Å². The van der Waals surface area contributed by atoms with Gasteiger partial charge >= 0.3 is 0 Å². The van der Waals surface area contributed by atoms with Crippen molar-refractivity contribution in [1.82, 2.24) is 0 Å². The lowest BCUT2D eigenvalue weighted by Gasteiger charge is -2.11. The number of aliphatic hydroxyl groups excluding tert-OH is 1. The molecule has 0 aromatic heterocycles. The second-order valence-corrected chi connectivity index (χ2v) is 3.04. The van der Waals surface area contributed by atoms with Crippen LogP contribution in [0.25, 0.3) is 0 Å². The summed E-state index contributed by atoms with van der Waals surface area (Å²) in [6.07, 6.45) is -0.487. The largest absolute Gasteiger partial charge is 0.388 e. The summed E-state index contributed by atoms with van der Waals surface area (Å²) in [7, 11) is 1.56. The molecule has 0 rings (SSSR count). The predicted molar refractivity (Wildman–Crippen MR) is 43.5 cm³/mol. The van der Waals surface area contributed by atoms with Crippen molar-refractivity contribution in [1.29, 1.82) is 0 Å². The fraction of sp³-hybridized carbons (Fsp3) is 1.00. The molecule has 1 atom stereocenters. The minimum absolute atomic E-state index is 0.345. The highest BCUT2D eigenvalue weighted by molar-refractivity contribution is 4.50. The maximum absolute atomic E-state index is 9.11. The Morgan fingerprint density at radius 3 is 2.27 bits per heavy atom. The van der Waals surface area contributed by atoms with Crippen molar-refractivity contribution in [3.63, 3.8) is 0 Å². The van der Waals surface area contributed by atoms with Crippen LogP contribution in [-0.4, -0.2) is 38.1 Å². The Kier molecular flexibility index (Phi) is 6.51. The van der Waals surface area contributed by atoms with Gasteiger partial charge in [0, 0.05) is 13.7 Å². The molecule has 0 aromatic rings. The van der Waals surface area contributed by atoms with E-state index in [1.165, 1.54) is 0 Å². The summed E-state index contributed by atoms with van der Waals surface area (Å²) in [6.45, 7) is 5.55. The van der Waals surface area contributed by atoms with Crippen LogP contribution in [0, 0.1) is 5.92 Å². The molecule has 0 unspecified atom stereocenters. The monoisotopic (exact) mass is 162 g/mol. The molecule has 0 saturated carbocycles. The van der Waals surface area contributed by atoms with E-state index in [0.717, 1.165) is 0 Å². The first-order chi connectivity index (χ1) is 5.16. The van der Waals surface area contributed by atoms with Crippen molar-refractivity contribution in [3.05, 3.63) is 0 Å². The van der Waals surface area contributed by atoms with E-state index in [4.69, 9.17) is 14.6 Å². The fourth-order valence-electron chi connectivity index (χ4n) is 0.680. The lowest BCUT2D eigenvalue weighted by Crippen LogP contribution is -2.21. The molecule has 0 aliphatic rings. The first-order valence-electron chi connectivity index (χ1n) is 3.91. The Bertz CT molecular complexity index is 83.4. The van der Waals surface area contributed by atoms with Gasteiger partial charge in [-0.2, -0.15) is 0 Å². The number of aliphatic hydroxyl groups is 1. The van der Waals surface area contributed by atoms with Crippen LogP contribution in [0.3, 0.4) is 0 Å². The second kappa shape index (κ2) is 6.58. The number of hydrogen-bond donors (Lipinski definition) is 1. The van der Waals surface area contributed by atoms with E-state index in [2.05, 4.69) is 13.8 Å². The molecule has 0 spiro atoms. The van der Waals surface area contributed by atoms with Crippen molar-refractivity contribution in [2.24, 2.45) is 5.92 Å². The van der Waals surface area contributed by atoms with Gasteiger partial charge in [-0.1, -0.05) is 13.8 Å². The molecule has 0 heterocycles. The van der Waals surface area contributed by atoms with E-state index in [0.29, 0.717) is 25.7 Å². The molecular weight excluding hydrogens is 144 g/mol. The third-order valence-electron chi connectivity index (χ3n) is 1.12. The first kappa shape index (κ1) is 10.9. The van der Waals surface area contributed by atoms with Crippen molar-refractivity contribution < 1.29 is 14.6 Å². The summed E-state index contributed by atoms with van der Waals surface area (Å²) in [4.78, 5) is 0. The molecule has 3 heteroatoms. The molecule has 0 bridgehead atoms. The van der Waals surface area contributed by atoms with E-state index in [1.807, 2.05) is 0 Å². The zero-order valence-electron chi connectivity index (χ0n) is 7.54. The molecular formula is C8H18O3. The highest BCUT2D eigenvalue weighted by atomic mass is 16.5. The quantitative estimate of drug-likeness (QED) is 0.623. The Morgan fingerprint density at radius 1 is 1.18 bits per heavy atom. The normalized spacial score (nSPS) is 13.9. The van der Waals surface area contributed by atoms with Gasteiger partial charge in [-0.15, -0.1) is 0 Å². The third-order valence-corrected chi connectivity index (χ3v) is 1.12. The van der Waals surface area contributed by atoms with Crippen molar-refractivity contribution in [3.8, 4) is 0 Å². The maximum atomic E-state index is 9.11. The van der Waals surface area contributed by atoms with Crippen molar-refractivity contribution in [2.75, 3.05) is 26.9 Å². The number of rotatable bonds is 6. The molecule has 0 saturated heterocycles. The predicted octanol–water partition coefficient (Wildman–Crippen LogP) is 0.666. The summed E-state index contributed by atoms with van der Waals surface area (Å²) >= 11 is 0. The number of ether oxygens (including phenoxy) is 2. The minimum atomic E-state index is -0.487. The summed E-state index contributed by atoms with van der Waals surface area (Å²) < 4.78 is 9.91. The SMILES string of the molecule is COC[C@H](O)COCC(C)C. The van der Waals surface area contributed by atoms with Crippen molar-refractivity contribution >= 4 is 0 Å². The summed E-state index contributed by atoms with van der Waals surface area (Å²) in [5.41, 5.74) is 0. The second-order valence-electron chi connectivity index (χ2n) is 3.04. The Balaban J connectivity index is 3.10. The molecule has 1 N–H and O–H groups in total. The fourth-order valence-corrected chi connectivity index (χ4v) is 0.680. The van der Waals surface area contributed by atoms with E-state index in [-0.39, 0.29) is 0 Å². The summed E-state index contributed by atoms with van der Waals surface area (Å²) in [5.74, 6) is 0.518. The minimum Gasteiger partial charge on any atom is -0.388 e. The van der Waals surface area contributed by atoms with Crippen LogP contribution in [0.5, 0.6) is 0 Å². The summed E-state index contributed by atoms with van der Waals surface area (Å²) in [6, 6.07) is 0. The van der Waals surface area contributed by atoms with Crippen LogP contribution < -0.4 is 0 Å². The van der Waals surface area contributed by atoms with Gasteiger partial charge in [-0.05, 0) is 5.92 Å². The van der Waals surface area contributed by atoms with Gasteiger partial charge in [0.25, 0.3) is 0 Å². The molecule has 0 fully saturated rings. The first-order valence-corrected chi connectivity index (χ1v) is 3.91. The molecule has 11 heavy (non-hydrogen) atoms. The van der Waals surface area contributed by atoms with Gasteiger partial charge in [-0.25, -0.2) is 0 Å². The lowest BCUT2D eigenvalue weighted by atomic mass is 10.2. The van der Waals surface area contributed by atoms with Gasteiger partial charge in [0.1, 0.15) is 6.10 Å². The van der Waals surface area contributed by atoms with Crippen LogP contribution in [-0.2, 0) is 9.47 Å². The Morgan fingerprint density at radius 2 is 1.82 bits per heavy atom. The highest BCUT2D eigenvalue weighted by Gasteiger charge is 2.03. The van der Waals surface area contributed by atoms with Gasteiger partial charge < -0.3 is 14.6 Å². The van der Waals surface area contributed by atoms with Crippen LogP contribution in [0.4, 0.5) is 0 Å². The number of hydrogen-bond acceptors (Lipinski definition) is 3. The van der Waals surface area contributed by atoms with E-state index < -0.39 is 6.10 Å². The van der Waals surface area contributed by atoms with Crippen LogP contribution in [0.15, 0.2) is 0 Å². The smallest absolute Gasteiger partial charge is 0.101 e. The standard InChI is InChI=1S/C8H18O3/c1-7(2)4-11-6-8(9)5-10-3/h7-9H,4-6H2,1-3H3/t8-/m0/s1. The van der Waals surface area contributed by atoms with Crippen LogP contribution >= 0.6 is 0 Å². The average Bonchev–Trinajstić information content (AvgIpc) is 1.87. The average molecular weight is 162 g/mol. The lowest BCUT2D eigenvalue weighted by molar-refractivity contribution is -0.0123. The molecule has 0 radical (unpaired) electrons. The zero-order chi connectivity index (χ0) is 8.69. The van der Waals surface area contributed by atoms with Gasteiger partial charge in [0.05, 0.1) is 13.2 Å². The molecule has 0 amide bonds. The maximum Gasteiger partial charge on any atom is 0.101 e. The van der Waals surface area contributed by atoms with Crippen molar-refractivity contribution in [2.45, 2.75) is 20.0 Å². The van der Waals surface area contributed by atoms with Gasteiger partial charge in [0.2, 0.25) is 0 Å². The molecule has 68 valence electrons. The Hall–Kier alpha value is -0.120. The van der Waals surface area contributed by atoms with Gasteiger partial charge in [-0.3, -0.25) is 0 Å².